The molecule has 35 heavy (non-hydrogen) atoms. The van der Waals surface area contributed by atoms with Crippen molar-refractivity contribution in [2.45, 2.75) is 50.8 Å². The second-order valence-corrected chi connectivity index (χ2v) is 10.3. The van der Waals surface area contributed by atoms with E-state index in [9.17, 15) is 9.90 Å². The Bertz CT molecular complexity index is 1170. The first-order valence-corrected chi connectivity index (χ1v) is 12.3. The van der Waals surface area contributed by atoms with E-state index in [-0.39, 0.29) is 47.8 Å². The molecule has 0 radical (unpaired) electrons. The van der Waals surface area contributed by atoms with E-state index in [1.54, 1.807) is 12.1 Å². The van der Waals surface area contributed by atoms with Crippen LogP contribution >= 0.6 is 0 Å². The topological polar surface area (TPSA) is 46.5 Å². The number of benzene rings is 3. The molecule has 4 nitrogen and oxygen atoms in total. The van der Waals surface area contributed by atoms with Crippen molar-refractivity contribution in [2.24, 2.45) is 5.92 Å². The number of para-hydroxylation sites is 1. The first kappa shape index (κ1) is 25.7. The number of carbonyl (C=O) groups is 1. The van der Waals surface area contributed by atoms with Crippen LogP contribution in [0.15, 0.2) is 78.9 Å². The van der Waals surface area contributed by atoms with Gasteiger partial charge in [0.05, 0.1) is 19.5 Å². The Morgan fingerprint density at radius 1 is 0.943 bits per heavy atom. The van der Waals surface area contributed by atoms with Crippen LogP contribution in [0.4, 0.5) is 0 Å². The molecule has 2 fully saturated rings. The third kappa shape index (κ3) is 4.73. The maximum atomic E-state index is 13.8. The molecular formula is C30H34INO3. The number of likely N-dealkylation sites (N-methyl/N-ethyl adjacent to an activating group) is 1. The molecule has 3 aromatic carbocycles. The van der Waals surface area contributed by atoms with E-state index in [0.717, 1.165) is 35.0 Å². The van der Waals surface area contributed by atoms with E-state index in [4.69, 9.17) is 4.74 Å². The molecule has 0 aromatic heterocycles. The largest absolute Gasteiger partial charge is 1.00 e. The van der Waals surface area contributed by atoms with Crippen LogP contribution in [0.5, 0.6) is 5.75 Å². The number of phenolic OH excluding ortho intramolecular Hbond substituents is 1. The van der Waals surface area contributed by atoms with Gasteiger partial charge in [-0.1, -0.05) is 78.4 Å². The Balaban J connectivity index is 0.00000289. The van der Waals surface area contributed by atoms with Crippen LogP contribution in [0.3, 0.4) is 0 Å². The summed E-state index contributed by atoms with van der Waals surface area (Å²) in [6, 6.07) is 26.3. The van der Waals surface area contributed by atoms with E-state index in [1.807, 2.05) is 43.3 Å². The zero-order valence-corrected chi connectivity index (χ0v) is 22.8. The number of aryl methyl sites for hydroxylation is 1. The van der Waals surface area contributed by atoms with Crippen molar-refractivity contribution < 1.29 is 43.1 Å². The van der Waals surface area contributed by atoms with Crippen molar-refractivity contribution in [3.8, 4) is 5.75 Å². The molecule has 0 spiro atoms. The SMILES string of the molecule is Cc1ccc(C(C(=O)OC2C3CC[C@H]2[N+](C)([C@@H](C)c2ccccc2)C3)c2ccccc2O)cc1.[I-]. The van der Waals surface area contributed by atoms with Crippen molar-refractivity contribution in [2.75, 3.05) is 13.6 Å². The summed E-state index contributed by atoms with van der Waals surface area (Å²) < 4.78 is 7.27. The molecule has 1 saturated heterocycles. The van der Waals surface area contributed by atoms with Gasteiger partial charge in [0.2, 0.25) is 0 Å². The minimum Gasteiger partial charge on any atom is -1.00 e. The number of hydrogen-bond acceptors (Lipinski definition) is 3. The quantitative estimate of drug-likeness (QED) is 0.276. The minimum absolute atomic E-state index is 0. The number of esters is 1. The van der Waals surface area contributed by atoms with Crippen LogP contribution in [-0.4, -0.2) is 41.3 Å². The van der Waals surface area contributed by atoms with Crippen LogP contribution in [-0.2, 0) is 9.53 Å². The van der Waals surface area contributed by atoms with Gasteiger partial charge in [-0.3, -0.25) is 4.79 Å². The summed E-state index contributed by atoms with van der Waals surface area (Å²) in [5, 5.41) is 10.6. The highest BCUT2D eigenvalue weighted by Crippen LogP contribution is 2.49. The van der Waals surface area contributed by atoms with Crippen molar-refractivity contribution in [3.63, 3.8) is 0 Å². The molecule has 1 aliphatic heterocycles. The highest BCUT2D eigenvalue weighted by atomic mass is 127. The van der Waals surface area contributed by atoms with Crippen molar-refractivity contribution >= 4 is 5.97 Å². The van der Waals surface area contributed by atoms with E-state index in [0.29, 0.717) is 17.5 Å². The number of halogens is 1. The maximum Gasteiger partial charge on any atom is 0.318 e. The van der Waals surface area contributed by atoms with Crippen LogP contribution < -0.4 is 24.0 Å². The monoisotopic (exact) mass is 583 g/mol. The first-order valence-electron chi connectivity index (χ1n) is 12.3. The number of hydrogen-bond donors (Lipinski definition) is 1. The Hall–Kier alpha value is -2.38. The van der Waals surface area contributed by atoms with Gasteiger partial charge in [-0.05, 0) is 31.9 Å². The lowest BCUT2D eigenvalue weighted by Crippen LogP contribution is -3.00. The summed E-state index contributed by atoms with van der Waals surface area (Å²) in [5.74, 6) is -0.425. The lowest BCUT2D eigenvalue weighted by Gasteiger charge is -2.43. The molecule has 0 amide bonds. The summed E-state index contributed by atoms with van der Waals surface area (Å²) in [6.45, 7) is 5.34. The van der Waals surface area contributed by atoms with Crippen LogP contribution in [0, 0.1) is 12.8 Å². The zero-order valence-electron chi connectivity index (χ0n) is 20.6. The van der Waals surface area contributed by atoms with Crippen LogP contribution in [0.25, 0.3) is 0 Å². The van der Waals surface area contributed by atoms with Crippen molar-refractivity contribution in [1.29, 1.82) is 0 Å². The van der Waals surface area contributed by atoms with E-state index in [2.05, 4.69) is 44.3 Å². The molecule has 2 bridgehead atoms. The van der Waals surface area contributed by atoms with E-state index in [1.165, 1.54) is 5.56 Å². The summed E-state index contributed by atoms with van der Waals surface area (Å²) in [7, 11) is 2.32. The van der Waals surface area contributed by atoms with Gasteiger partial charge in [-0.2, -0.15) is 0 Å². The van der Waals surface area contributed by atoms with E-state index < -0.39 is 5.92 Å². The molecule has 1 N–H and O–H groups in total. The lowest BCUT2D eigenvalue weighted by molar-refractivity contribution is -0.954. The molecule has 1 heterocycles. The van der Waals surface area contributed by atoms with Gasteiger partial charge in [0.15, 0.2) is 6.10 Å². The molecule has 3 aromatic rings. The van der Waals surface area contributed by atoms with Gasteiger partial charge in [-0.25, -0.2) is 0 Å². The highest BCUT2D eigenvalue weighted by Gasteiger charge is 2.60. The predicted molar refractivity (Wildman–Crippen MR) is 133 cm³/mol. The number of likely N-dealkylation sites (tertiary alicyclic amines) is 1. The fraction of sp³-hybridized carbons (Fsp3) is 0.367. The van der Waals surface area contributed by atoms with Crippen LogP contribution in [0.2, 0.25) is 0 Å². The van der Waals surface area contributed by atoms with Gasteiger partial charge in [0, 0.05) is 17.5 Å². The van der Waals surface area contributed by atoms with Gasteiger partial charge in [-0.15, -0.1) is 0 Å². The summed E-state index contributed by atoms with van der Waals surface area (Å²) >= 11 is 0. The maximum absolute atomic E-state index is 13.8. The van der Waals surface area contributed by atoms with Gasteiger partial charge < -0.3 is 38.3 Å². The summed E-state index contributed by atoms with van der Waals surface area (Å²) in [6.07, 6.45) is 2.08. The molecule has 5 rings (SSSR count). The predicted octanol–water partition coefficient (Wildman–Crippen LogP) is 2.75. The Morgan fingerprint density at radius 2 is 1.60 bits per heavy atom. The van der Waals surface area contributed by atoms with Gasteiger partial charge >= 0.3 is 5.97 Å². The second kappa shape index (κ2) is 10.3. The number of ether oxygens (including phenoxy) is 1. The van der Waals surface area contributed by atoms with E-state index >= 15 is 0 Å². The second-order valence-electron chi connectivity index (χ2n) is 10.3. The molecule has 2 aliphatic rings. The molecule has 184 valence electrons. The molecule has 5 heteroatoms. The fourth-order valence-electron chi connectivity index (χ4n) is 6.32. The standard InChI is InChI=1S/C30H33NO3.HI/c1-20-13-15-23(16-14-20)28(25-11-7-8-12-27(25)32)30(33)34-29-24-17-18-26(29)31(3,19-24)21(2)22-9-5-4-6-10-22;/h4-16,21,24,26,28-29H,17-19H2,1-3H3;1H/t21-,24?,26+,28?,29?,31?;/m0./s1. The zero-order chi connectivity index (χ0) is 23.9. The number of carbonyl (C=O) groups excluding carboxylic acids is 1. The molecular weight excluding hydrogens is 549 g/mol. The molecule has 6 atom stereocenters. The van der Waals surface area contributed by atoms with Gasteiger partial charge in [0.1, 0.15) is 23.8 Å². The Labute approximate surface area is 225 Å². The van der Waals surface area contributed by atoms with Crippen molar-refractivity contribution in [3.05, 3.63) is 101 Å². The average Bonchev–Trinajstić information content (AvgIpc) is 3.35. The summed E-state index contributed by atoms with van der Waals surface area (Å²) in [4.78, 5) is 13.8. The van der Waals surface area contributed by atoms with Crippen molar-refractivity contribution in [1.82, 2.24) is 0 Å². The Morgan fingerprint density at radius 3 is 2.29 bits per heavy atom. The fourth-order valence-corrected chi connectivity index (χ4v) is 6.32. The normalized spacial score (nSPS) is 26.5. The number of piperidine rings is 1. The first-order chi connectivity index (χ1) is 16.4. The van der Waals surface area contributed by atoms with Gasteiger partial charge in [0.25, 0.3) is 0 Å². The number of rotatable bonds is 6. The lowest BCUT2D eigenvalue weighted by atomic mass is 9.90. The number of fused-ring (bicyclic) bond motifs is 2. The third-order valence-electron chi connectivity index (χ3n) is 8.38. The Kier molecular flexibility index (Phi) is 7.57. The molecule has 4 unspecified atom stereocenters. The summed E-state index contributed by atoms with van der Waals surface area (Å²) in [5.41, 5.74) is 3.90. The third-order valence-corrected chi connectivity index (χ3v) is 8.38. The highest BCUT2D eigenvalue weighted by molar-refractivity contribution is 5.83. The van der Waals surface area contributed by atoms with Crippen LogP contribution in [0.1, 0.15) is 54.0 Å². The minimum atomic E-state index is -0.646. The average molecular weight is 584 g/mol. The number of quaternary nitrogens is 1. The molecule has 1 saturated carbocycles. The molecule has 1 aliphatic carbocycles. The number of aromatic hydroxyl groups is 1. The number of nitrogens with zero attached hydrogens (tertiary/aromatic N) is 1. The smallest absolute Gasteiger partial charge is 0.318 e. The number of phenols is 1.